The number of ether oxygens (including phenoxy) is 2. The van der Waals surface area contributed by atoms with Gasteiger partial charge in [0.15, 0.2) is 0 Å². The molecule has 0 bridgehead atoms. The van der Waals surface area contributed by atoms with Crippen molar-refractivity contribution in [3.05, 3.63) is 0 Å². The summed E-state index contributed by atoms with van der Waals surface area (Å²) in [6.45, 7) is 0. The van der Waals surface area contributed by atoms with E-state index in [4.69, 9.17) is 0 Å². The molecule has 0 aliphatic rings. The van der Waals surface area contributed by atoms with Gasteiger partial charge in [-0.25, -0.2) is 0 Å². The monoisotopic (exact) mass is 230 g/mol. The Labute approximate surface area is 95.1 Å². The third-order valence-electron chi connectivity index (χ3n) is 2.15. The lowest BCUT2D eigenvalue weighted by Crippen LogP contribution is -2.06. The number of esters is 2. The van der Waals surface area contributed by atoms with E-state index in [9.17, 15) is 14.4 Å². The van der Waals surface area contributed by atoms with Crippen LogP contribution in [0.1, 0.15) is 38.5 Å². The number of hydrogen-bond donors (Lipinski definition) is 0. The zero-order chi connectivity index (χ0) is 12.4. The summed E-state index contributed by atoms with van der Waals surface area (Å²) in [5.41, 5.74) is 0. The molecule has 5 heteroatoms. The standard InChI is InChI=1S/C11H18O5/c1-15-10(13)6-4-3-5-9(12)7-8-11(14)16-2/h3-8H2,1-2H3. The lowest BCUT2D eigenvalue weighted by Gasteiger charge is -2.00. The van der Waals surface area contributed by atoms with Crippen molar-refractivity contribution in [1.29, 1.82) is 0 Å². The Balaban J connectivity index is 3.44. The fraction of sp³-hybridized carbons (Fsp3) is 0.727. The molecule has 16 heavy (non-hydrogen) atoms. The average Bonchev–Trinajstić information content (AvgIpc) is 2.31. The lowest BCUT2D eigenvalue weighted by atomic mass is 10.1. The van der Waals surface area contributed by atoms with Gasteiger partial charge in [0.1, 0.15) is 5.78 Å². The normalized spacial score (nSPS) is 9.62. The van der Waals surface area contributed by atoms with Gasteiger partial charge in [0.25, 0.3) is 0 Å². The molecule has 0 heterocycles. The van der Waals surface area contributed by atoms with E-state index in [2.05, 4.69) is 9.47 Å². The second-order valence-electron chi connectivity index (χ2n) is 3.40. The number of ketones is 1. The second kappa shape index (κ2) is 8.88. The molecule has 0 aromatic carbocycles. The van der Waals surface area contributed by atoms with Crippen LogP contribution >= 0.6 is 0 Å². The zero-order valence-electron chi connectivity index (χ0n) is 9.78. The topological polar surface area (TPSA) is 69.7 Å². The average molecular weight is 230 g/mol. The Morgan fingerprint density at radius 1 is 0.750 bits per heavy atom. The smallest absolute Gasteiger partial charge is 0.305 e. The van der Waals surface area contributed by atoms with Crippen LogP contribution < -0.4 is 0 Å². The number of carbonyl (C=O) groups is 3. The summed E-state index contributed by atoms with van der Waals surface area (Å²) < 4.78 is 8.89. The number of methoxy groups -OCH3 is 2. The van der Waals surface area contributed by atoms with Crippen LogP contribution in [0.4, 0.5) is 0 Å². The maximum absolute atomic E-state index is 11.3. The van der Waals surface area contributed by atoms with Gasteiger partial charge < -0.3 is 9.47 Å². The molecule has 0 spiro atoms. The highest BCUT2D eigenvalue weighted by Crippen LogP contribution is 2.05. The van der Waals surface area contributed by atoms with Gasteiger partial charge in [0, 0.05) is 19.3 Å². The molecule has 92 valence electrons. The van der Waals surface area contributed by atoms with Gasteiger partial charge in [-0.05, 0) is 12.8 Å². The van der Waals surface area contributed by atoms with Crippen molar-refractivity contribution in [1.82, 2.24) is 0 Å². The van der Waals surface area contributed by atoms with E-state index >= 15 is 0 Å². The molecule has 0 rings (SSSR count). The van der Waals surface area contributed by atoms with Crippen LogP contribution in [-0.2, 0) is 23.9 Å². The summed E-state index contributed by atoms with van der Waals surface area (Å²) in [6.07, 6.45) is 2.36. The molecule has 0 fully saturated rings. The largest absolute Gasteiger partial charge is 0.469 e. The van der Waals surface area contributed by atoms with E-state index in [0.717, 1.165) is 0 Å². The second-order valence-corrected chi connectivity index (χ2v) is 3.40. The van der Waals surface area contributed by atoms with E-state index in [-0.39, 0.29) is 30.6 Å². The summed E-state index contributed by atoms with van der Waals surface area (Å²) in [5.74, 6) is -0.611. The van der Waals surface area contributed by atoms with Crippen LogP contribution in [0.25, 0.3) is 0 Å². The Hall–Kier alpha value is -1.39. The predicted molar refractivity (Wildman–Crippen MR) is 56.7 cm³/mol. The quantitative estimate of drug-likeness (QED) is 0.463. The third kappa shape index (κ3) is 7.96. The third-order valence-corrected chi connectivity index (χ3v) is 2.15. The number of rotatable bonds is 8. The lowest BCUT2D eigenvalue weighted by molar-refractivity contribution is -0.142. The maximum atomic E-state index is 11.3. The van der Waals surface area contributed by atoms with Crippen molar-refractivity contribution < 1.29 is 23.9 Å². The zero-order valence-corrected chi connectivity index (χ0v) is 9.78. The molecular weight excluding hydrogens is 212 g/mol. The fourth-order valence-electron chi connectivity index (χ4n) is 1.16. The number of hydrogen-bond acceptors (Lipinski definition) is 5. The van der Waals surface area contributed by atoms with Crippen molar-refractivity contribution in [3.63, 3.8) is 0 Å². The Bertz CT molecular complexity index is 247. The first kappa shape index (κ1) is 14.6. The van der Waals surface area contributed by atoms with Crippen molar-refractivity contribution in [3.8, 4) is 0 Å². The Morgan fingerprint density at radius 2 is 1.25 bits per heavy atom. The summed E-state index contributed by atoms with van der Waals surface area (Å²) in [4.78, 5) is 32.7. The summed E-state index contributed by atoms with van der Waals surface area (Å²) >= 11 is 0. The van der Waals surface area contributed by atoms with Crippen molar-refractivity contribution >= 4 is 17.7 Å². The summed E-state index contributed by atoms with van der Waals surface area (Å²) in [6, 6.07) is 0. The summed E-state index contributed by atoms with van der Waals surface area (Å²) in [5, 5.41) is 0. The van der Waals surface area contributed by atoms with E-state index < -0.39 is 0 Å². The minimum atomic E-state index is -0.372. The van der Waals surface area contributed by atoms with Crippen LogP contribution in [0.15, 0.2) is 0 Å². The molecule has 0 aliphatic heterocycles. The van der Waals surface area contributed by atoms with Gasteiger partial charge in [0.2, 0.25) is 0 Å². The molecule has 0 radical (unpaired) electrons. The van der Waals surface area contributed by atoms with Crippen molar-refractivity contribution in [2.45, 2.75) is 38.5 Å². The molecular formula is C11H18O5. The van der Waals surface area contributed by atoms with Crippen LogP contribution in [0.5, 0.6) is 0 Å². The summed E-state index contributed by atoms with van der Waals surface area (Å²) in [7, 11) is 2.63. The molecule has 0 saturated heterocycles. The molecule has 0 amide bonds. The highest BCUT2D eigenvalue weighted by Gasteiger charge is 2.07. The molecule has 0 saturated carbocycles. The Morgan fingerprint density at radius 3 is 1.81 bits per heavy atom. The van der Waals surface area contributed by atoms with Crippen molar-refractivity contribution in [2.24, 2.45) is 0 Å². The van der Waals surface area contributed by atoms with Gasteiger partial charge in [-0.3, -0.25) is 14.4 Å². The van der Waals surface area contributed by atoms with Crippen LogP contribution in [-0.4, -0.2) is 31.9 Å². The van der Waals surface area contributed by atoms with E-state index in [1.54, 1.807) is 0 Å². The first-order valence-corrected chi connectivity index (χ1v) is 5.25. The molecule has 0 aromatic heterocycles. The van der Waals surface area contributed by atoms with Crippen LogP contribution in [0.2, 0.25) is 0 Å². The molecule has 0 N–H and O–H groups in total. The van der Waals surface area contributed by atoms with Crippen LogP contribution in [0.3, 0.4) is 0 Å². The van der Waals surface area contributed by atoms with Gasteiger partial charge in [-0.1, -0.05) is 0 Å². The Kier molecular flexibility index (Phi) is 8.11. The van der Waals surface area contributed by atoms with Gasteiger partial charge in [0.05, 0.1) is 20.6 Å². The molecule has 5 nitrogen and oxygen atoms in total. The van der Waals surface area contributed by atoms with E-state index in [1.165, 1.54) is 14.2 Å². The van der Waals surface area contributed by atoms with Gasteiger partial charge in [-0.2, -0.15) is 0 Å². The van der Waals surface area contributed by atoms with Crippen LogP contribution in [0, 0.1) is 0 Å². The molecule has 0 atom stereocenters. The fourth-order valence-corrected chi connectivity index (χ4v) is 1.16. The highest BCUT2D eigenvalue weighted by atomic mass is 16.5. The minimum absolute atomic E-state index is 0.0234. The number of unbranched alkanes of at least 4 members (excludes halogenated alkanes) is 1. The molecule has 0 unspecified atom stereocenters. The van der Waals surface area contributed by atoms with Gasteiger partial charge in [-0.15, -0.1) is 0 Å². The van der Waals surface area contributed by atoms with Gasteiger partial charge >= 0.3 is 11.9 Å². The highest BCUT2D eigenvalue weighted by molar-refractivity contribution is 5.82. The molecule has 0 aromatic rings. The minimum Gasteiger partial charge on any atom is -0.469 e. The SMILES string of the molecule is COC(=O)CCCCC(=O)CCC(=O)OC. The first-order chi connectivity index (χ1) is 7.60. The maximum Gasteiger partial charge on any atom is 0.305 e. The van der Waals surface area contributed by atoms with Crippen molar-refractivity contribution in [2.75, 3.05) is 14.2 Å². The first-order valence-electron chi connectivity index (χ1n) is 5.25. The van der Waals surface area contributed by atoms with E-state index in [0.29, 0.717) is 25.7 Å². The number of carbonyl (C=O) groups excluding carboxylic acids is 3. The predicted octanol–water partition coefficient (Wildman–Crippen LogP) is 1.24. The number of Topliss-reactive ketones (excluding diaryl/α,β-unsaturated/α-hetero) is 1. The molecule has 0 aliphatic carbocycles. The van der Waals surface area contributed by atoms with E-state index in [1.807, 2.05) is 0 Å².